The van der Waals surface area contributed by atoms with E-state index in [-0.39, 0.29) is 22.9 Å². The molecule has 2 heterocycles. The fraction of sp³-hybridized carbons (Fsp3) is 0.393. The van der Waals surface area contributed by atoms with Crippen molar-refractivity contribution in [3.05, 3.63) is 87.2 Å². The topological polar surface area (TPSA) is 90.5 Å². The molecule has 2 fully saturated rings. The van der Waals surface area contributed by atoms with Gasteiger partial charge in [0.2, 0.25) is 0 Å². The number of morpholine rings is 1. The Bertz CT molecular complexity index is 1290. The van der Waals surface area contributed by atoms with Crippen LogP contribution in [0.4, 0.5) is 0 Å². The van der Waals surface area contributed by atoms with Crippen LogP contribution in [0.3, 0.4) is 0 Å². The molecule has 0 radical (unpaired) electrons. The molecular formula is C28H31ClN4O3. The summed E-state index contributed by atoms with van der Waals surface area (Å²) in [7, 11) is 0. The second kappa shape index (κ2) is 10.5. The van der Waals surface area contributed by atoms with Gasteiger partial charge in [-0.05, 0) is 61.6 Å². The molecule has 2 aromatic carbocycles. The van der Waals surface area contributed by atoms with Crippen molar-refractivity contribution < 1.29 is 9.53 Å². The molecule has 36 heavy (non-hydrogen) atoms. The normalized spacial score (nSPS) is 22.4. The summed E-state index contributed by atoms with van der Waals surface area (Å²) in [4.78, 5) is 27.6. The van der Waals surface area contributed by atoms with Crippen LogP contribution in [0.15, 0.2) is 65.5 Å². The van der Waals surface area contributed by atoms with E-state index in [1.165, 1.54) is 0 Å². The fourth-order valence-electron chi connectivity index (χ4n) is 5.43. The molecule has 8 heteroatoms. The molecule has 2 aliphatic rings. The van der Waals surface area contributed by atoms with Gasteiger partial charge >= 0.3 is 0 Å². The molecule has 1 aromatic heterocycles. The molecule has 1 saturated carbocycles. The largest absolute Gasteiger partial charge is 0.378 e. The number of nitrogens with zero attached hydrogens (tertiary/aromatic N) is 3. The number of hydrogen-bond donors (Lipinski definition) is 1. The first-order chi connectivity index (χ1) is 17.5. The van der Waals surface area contributed by atoms with Crippen LogP contribution < -0.4 is 11.3 Å². The lowest BCUT2D eigenvalue weighted by Gasteiger charge is -2.40. The zero-order valence-corrected chi connectivity index (χ0v) is 21.0. The molecule has 1 aliphatic heterocycles. The minimum atomic E-state index is -0.142. The van der Waals surface area contributed by atoms with Crippen LogP contribution in [0.2, 0.25) is 5.02 Å². The second-order valence-corrected chi connectivity index (χ2v) is 10.1. The maximum Gasteiger partial charge on any atom is 0.267 e. The first kappa shape index (κ1) is 24.7. The van der Waals surface area contributed by atoms with Gasteiger partial charge in [0.25, 0.3) is 11.5 Å². The summed E-state index contributed by atoms with van der Waals surface area (Å²) in [6.45, 7) is 2.83. The SMILES string of the molecule is NC[C@]1(c2cccc(Cl)c2)CC[C@H](n2nc(-c3cccc(C(=O)N4CCOCC4)c3)ccc2=O)CC1. The average Bonchev–Trinajstić information content (AvgIpc) is 2.93. The Labute approximate surface area is 215 Å². The van der Waals surface area contributed by atoms with Crippen LogP contribution in [0.1, 0.15) is 47.6 Å². The highest BCUT2D eigenvalue weighted by molar-refractivity contribution is 6.30. The number of hydrogen-bond acceptors (Lipinski definition) is 5. The number of benzene rings is 2. The van der Waals surface area contributed by atoms with E-state index in [0.29, 0.717) is 49.1 Å². The van der Waals surface area contributed by atoms with E-state index in [2.05, 4.69) is 6.07 Å². The highest BCUT2D eigenvalue weighted by atomic mass is 35.5. The van der Waals surface area contributed by atoms with Crippen molar-refractivity contribution in [2.45, 2.75) is 37.1 Å². The summed E-state index contributed by atoms with van der Waals surface area (Å²) in [6.07, 6.45) is 3.32. The lowest BCUT2D eigenvalue weighted by Crippen LogP contribution is -2.41. The van der Waals surface area contributed by atoms with Gasteiger partial charge in [-0.15, -0.1) is 0 Å². The molecule has 1 aliphatic carbocycles. The second-order valence-electron chi connectivity index (χ2n) is 9.71. The number of rotatable bonds is 5. The molecule has 0 unspecified atom stereocenters. The van der Waals surface area contributed by atoms with Crippen LogP contribution in [0.25, 0.3) is 11.3 Å². The zero-order chi connectivity index (χ0) is 25.1. The summed E-state index contributed by atoms with van der Waals surface area (Å²) >= 11 is 6.25. The third kappa shape index (κ3) is 4.96. The zero-order valence-electron chi connectivity index (χ0n) is 20.2. The highest BCUT2D eigenvalue weighted by Crippen LogP contribution is 2.42. The summed E-state index contributed by atoms with van der Waals surface area (Å²) in [5.41, 5.74) is 9.26. The van der Waals surface area contributed by atoms with Crippen molar-refractivity contribution in [1.29, 1.82) is 0 Å². The molecule has 3 aromatic rings. The molecule has 5 rings (SSSR count). The Morgan fingerprint density at radius 2 is 1.81 bits per heavy atom. The first-order valence-electron chi connectivity index (χ1n) is 12.5. The Morgan fingerprint density at radius 3 is 2.53 bits per heavy atom. The van der Waals surface area contributed by atoms with Gasteiger partial charge in [-0.25, -0.2) is 4.68 Å². The number of carbonyl (C=O) groups excluding carboxylic acids is 1. The van der Waals surface area contributed by atoms with Crippen LogP contribution in [-0.4, -0.2) is 53.4 Å². The van der Waals surface area contributed by atoms with Crippen LogP contribution >= 0.6 is 11.6 Å². The number of nitrogens with two attached hydrogens (primary N) is 1. The summed E-state index contributed by atoms with van der Waals surface area (Å²) in [6, 6.07) is 18.7. The number of aromatic nitrogens is 2. The van der Waals surface area contributed by atoms with Crippen LogP contribution in [0, 0.1) is 0 Å². The van der Waals surface area contributed by atoms with Crippen molar-refractivity contribution in [3.8, 4) is 11.3 Å². The van der Waals surface area contributed by atoms with E-state index in [1.54, 1.807) is 16.8 Å². The van der Waals surface area contributed by atoms with E-state index in [0.717, 1.165) is 36.8 Å². The molecule has 7 nitrogen and oxygen atoms in total. The minimum Gasteiger partial charge on any atom is -0.378 e. The van der Waals surface area contributed by atoms with Gasteiger partial charge < -0.3 is 15.4 Å². The third-order valence-electron chi connectivity index (χ3n) is 7.61. The average molecular weight is 507 g/mol. The molecular weight excluding hydrogens is 476 g/mol. The third-order valence-corrected chi connectivity index (χ3v) is 7.85. The van der Waals surface area contributed by atoms with Gasteiger partial charge in [0, 0.05) is 47.3 Å². The van der Waals surface area contributed by atoms with Crippen molar-refractivity contribution in [3.63, 3.8) is 0 Å². The van der Waals surface area contributed by atoms with Crippen LogP contribution in [0.5, 0.6) is 0 Å². The lowest BCUT2D eigenvalue weighted by atomic mass is 9.68. The predicted molar refractivity (Wildman–Crippen MR) is 140 cm³/mol. The Hall–Kier alpha value is -3.00. The van der Waals surface area contributed by atoms with E-state index < -0.39 is 0 Å². The molecule has 0 spiro atoms. The smallest absolute Gasteiger partial charge is 0.267 e. The number of halogens is 1. The Kier molecular flexibility index (Phi) is 7.23. The standard InChI is InChI=1S/C28H31ClN4O3/c29-23-6-2-5-22(18-23)28(19-30)11-9-24(10-12-28)33-26(34)8-7-25(31-33)20-3-1-4-21(17-20)27(35)32-13-15-36-16-14-32/h1-8,17-18,24H,9-16,19,30H2/t24-,28-. The molecule has 0 atom stereocenters. The fourth-order valence-corrected chi connectivity index (χ4v) is 5.62. The first-order valence-corrected chi connectivity index (χ1v) is 12.9. The van der Waals surface area contributed by atoms with Crippen molar-refractivity contribution in [2.75, 3.05) is 32.8 Å². The number of amides is 1. The molecule has 1 saturated heterocycles. The van der Waals surface area contributed by atoms with Crippen LogP contribution in [-0.2, 0) is 10.2 Å². The van der Waals surface area contributed by atoms with Gasteiger partial charge in [0.15, 0.2) is 0 Å². The maximum absolute atomic E-state index is 13.0. The summed E-state index contributed by atoms with van der Waals surface area (Å²) in [5.74, 6) is -0.0140. The highest BCUT2D eigenvalue weighted by Gasteiger charge is 2.37. The van der Waals surface area contributed by atoms with Crippen molar-refractivity contribution in [1.82, 2.24) is 14.7 Å². The summed E-state index contributed by atoms with van der Waals surface area (Å²) < 4.78 is 6.98. The van der Waals surface area contributed by atoms with Gasteiger partial charge in [-0.1, -0.05) is 35.9 Å². The van der Waals surface area contributed by atoms with E-state index in [4.69, 9.17) is 27.2 Å². The molecule has 0 bridgehead atoms. The van der Waals surface area contributed by atoms with Gasteiger partial charge in [-0.2, -0.15) is 5.10 Å². The van der Waals surface area contributed by atoms with Crippen molar-refractivity contribution in [2.24, 2.45) is 5.73 Å². The maximum atomic E-state index is 13.0. The predicted octanol–water partition coefficient (Wildman–Crippen LogP) is 4.05. The van der Waals surface area contributed by atoms with E-state index in [1.807, 2.05) is 47.4 Å². The Balaban J connectivity index is 1.37. The van der Waals surface area contributed by atoms with Crippen molar-refractivity contribution >= 4 is 17.5 Å². The van der Waals surface area contributed by atoms with Gasteiger partial charge in [0.1, 0.15) is 0 Å². The van der Waals surface area contributed by atoms with Gasteiger partial charge in [0.05, 0.1) is 24.9 Å². The Morgan fingerprint density at radius 1 is 1.06 bits per heavy atom. The number of carbonyl (C=O) groups is 1. The minimum absolute atomic E-state index is 0.00512. The quantitative estimate of drug-likeness (QED) is 0.564. The van der Waals surface area contributed by atoms with E-state index >= 15 is 0 Å². The number of ether oxygens (including phenoxy) is 1. The molecule has 2 N–H and O–H groups in total. The molecule has 1 amide bonds. The summed E-state index contributed by atoms with van der Waals surface area (Å²) in [5, 5.41) is 5.46. The molecule has 188 valence electrons. The van der Waals surface area contributed by atoms with E-state index in [9.17, 15) is 9.59 Å². The lowest BCUT2D eigenvalue weighted by molar-refractivity contribution is 0.0303. The van der Waals surface area contributed by atoms with Gasteiger partial charge in [-0.3, -0.25) is 9.59 Å². The monoisotopic (exact) mass is 506 g/mol.